The second kappa shape index (κ2) is 65.2. The zero-order valence-electron chi connectivity index (χ0n) is 51.3. The molecule has 0 bridgehead atoms. The molecule has 0 aliphatic carbocycles. The van der Waals surface area contributed by atoms with E-state index in [1.165, 1.54) is 270 Å². The summed E-state index contributed by atoms with van der Waals surface area (Å²) >= 11 is 0. The summed E-state index contributed by atoms with van der Waals surface area (Å²) in [6.07, 6.45) is 80.2. The molecule has 0 N–H and O–H groups in total. The van der Waals surface area contributed by atoms with Gasteiger partial charge in [0.25, 0.3) is 0 Å². The molecule has 0 saturated heterocycles. The molecular formula is C70H130O6. The Labute approximate surface area is 474 Å². The number of hydrogen-bond donors (Lipinski definition) is 0. The molecule has 0 saturated carbocycles. The van der Waals surface area contributed by atoms with Crippen LogP contribution in [-0.2, 0) is 28.6 Å². The Hall–Kier alpha value is -2.37. The Morgan fingerprint density at radius 3 is 0.671 bits per heavy atom. The van der Waals surface area contributed by atoms with Gasteiger partial charge in [-0.15, -0.1) is 0 Å². The Balaban J connectivity index is 4.22. The van der Waals surface area contributed by atoms with Crippen molar-refractivity contribution in [3.05, 3.63) is 36.5 Å². The first-order valence-electron chi connectivity index (χ1n) is 34.0. The largest absolute Gasteiger partial charge is 0.462 e. The monoisotopic (exact) mass is 1070 g/mol. The topological polar surface area (TPSA) is 78.9 Å². The van der Waals surface area contributed by atoms with Crippen molar-refractivity contribution >= 4 is 17.9 Å². The maximum absolute atomic E-state index is 12.9. The minimum Gasteiger partial charge on any atom is -0.462 e. The predicted octanol–water partition coefficient (Wildman–Crippen LogP) is 23.2. The third kappa shape index (κ3) is 62.5. The number of carbonyl (C=O) groups is 3. The summed E-state index contributed by atoms with van der Waals surface area (Å²) in [5.74, 6) is -0.862. The molecule has 0 amide bonds. The highest BCUT2D eigenvalue weighted by Gasteiger charge is 2.19. The first kappa shape index (κ1) is 73.6. The van der Waals surface area contributed by atoms with Crippen molar-refractivity contribution in [1.82, 2.24) is 0 Å². The minimum atomic E-state index is -0.777. The maximum Gasteiger partial charge on any atom is 0.306 e. The van der Waals surface area contributed by atoms with Crippen molar-refractivity contribution in [3.8, 4) is 0 Å². The van der Waals surface area contributed by atoms with Gasteiger partial charge in [-0.2, -0.15) is 0 Å². The van der Waals surface area contributed by atoms with Gasteiger partial charge in [-0.1, -0.05) is 295 Å². The SMILES string of the molecule is CCCCCC/C=C\CCCCCCCC(=O)OCC(COC(=O)CCCCCCCCCCCCCCCCC/C=C\CCCCCCCCCC)OC(=O)CCCCCCCCC/C=C\CCCCCCCCC. The van der Waals surface area contributed by atoms with Gasteiger partial charge >= 0.3 is 17.9 Å². The molecule has 0 aromatic heterocycles. The normalized spacial score (nSPS) is 12.2. The van der Waals surface area contributed by atoms with Crippen LogP contribution in [0.1, 0.15) is 374 Å². The maximum atomic E-state index is 12.9. The molecule has 0 fully saturated rings. The molecule has 1 unspecified atom stereocenters. The summed E-state index contributed by atoms with van der Waals surface area (Å²) in [6, 6.07) is 0. The van der Waals surface area contributed by atoms with E-state index in [1.54, 1.807) is 0 Å². The number of unbranched alkanes of at least 4 members (excludes halogenated alkanes) is 46. The van der Waals surface area contributed by atoms with Crippen LogP contribution in [0.4, 0.5) is 0 Å². The van der Waals surface area contributed by atoms with Gasteiger partial charge in [-0.3, -0.25) is 14.4 Å². The highest BCUT2D eigenvalue weighted by molar-refractivity contribution is 5.71. The second-order valence-electron chi connectivity index (χ2n) is 23.1. The van der Waals surface area contributed by atoms with Gasteiger partial charge in [0.05, 0.1) is 0 Å². The Kier molecular flexibility index (Phi) is 63.1. The fraction of sp³-hybridized carbons (Fsp3) is 0.871. The lowest BCUT2D eigenvalue weighted by Crippen LogP contribution is -2.30. The lowest BCUT2D eigenvalue weighted by molar-refractivity contribution is -0.167. The standard InChI is InChI=1S/C70H130O6/c1-4-7-10-13-16-19-22-25-27-29-31-32-33-34-35-36-37-38-39-41-42-45-48-51-54-57-60-63-69(72)75-66-67(65-74-68(71)62-59-56-53-50-47-44-24-21-18-15-12-9-6-3)76-70(73)64-61-58-55-52-49-46-43-40-30-28-26-23-20-17-14-11-8-5-2/h21,24,28-31,67H,4-20,22-23,25-27,32-66H2,1-3H3/b24-21-,30-28-,31-29-. The van der Waals surface area contributed by atoms with Gasteiger partial charge in [0.2, 0.25) is 0 Å². The van der Waals surface area contributed by atoms with Crippen molar-refractivity contribution in [2.45, 2.75) is 380 Å². The van der Waals surface area contributed by atoms with E-state index in [9.17, 15) is 14.4 Å². The quantitative estimate of drug-likeness (QED) is 0.0261. The van der Waals surface area contributed by atoms with E-state index in [0.29, 0.717) is 19.3 Å². The van der Waals surface area contributed by atoms with Crippen molar-refractivity contribution in [1.29, 1.82) is 0 Å². The lowest BCUT2D eigenvalue weighted by Gasteiger charge is -2.18. The molecule has 0 aromatic carbocycles. The van der Waals surface area contributed by atoms with Gasteiger partial charge in [0, 0.05) is 19.3 Å². The molecule has 6 heteroatoms. The summed E-state index contributed by atoms with van der Waals surface area (Å²) in [4.78, 5) is 38.3. The number of hydrogen-bond acceptors (Lipinski definition) is 6. The molecule has 0 rings (SSSR count). The Bertz CT molecular complexity index is 1270. The third-order valence-electron chi connectivity index (χ3n) is 15.3. The molecule has 446 valence electrons. The van der Waals surface area contributed by atoms with Gasteiger partial charge in [0.1, 0.15) is 13.2 Å². The molecule has 76 heavy (non-hydrogen) atoms. The molecule has 0 spiro atoms. The van der Waals surface area contributed by atoms with Crippen LogP contribution in [0.5, 0.6) is 0 Å². The molecule has 0 aromatic rings. The zero-order chi connectivity index (χ0) is 55.0. The van der Waals surface area contributed by atoms with E-state index < -0.39 is 6.10 Å². The van der Waals surface area contributed by atoms with Crippen molar-refractivity contribution in [2.24, 2.45) is 0 Å². The predicted molar refractivity (Wildman–Crippen MR) is 330 cm³/mol. The van der Waals surface area contributed by atoms with Gasteiger partial charge in [-0.25, -0.2) is 0 Å². The van der Waals surface area contributed by atoms with Crippen LogP contribution in [0.15, 0.2) is 36.5 Å². The van der Waals surface area contributed by atoms with Crippen LogP contribution in [-0.4, -0.2) is 37.2 Å². The number of allylic oxidation sites excluding steroid dienone is 6. The summed E-state index contributed by atoms with van der Waals surface area (Å²) in [6.45, 7) is 6.67. The molecule has 0 radical (unpaired) electrons. The zero-order valence-corrected chi connectivity index (χ0v) is 51.3. The molecule has 6 nitrogen and oxygen atoms in total. The molecule has 1 atom stereocenters. The summed E-state index contributed by atoms with van der Waals surface area (Å²) < 4.78 is 16.9. The van der Waals surface area contributed by atoms with Crippen molar-refractivity contribution in [3.63, 3.8) is 0 Å². The summed E-state index contributed by atoms with van der Waals surface area (Å²) in [5.41, 5.74) is 0. The Morgan fingerprint density at radius 2 is 0.434 bits per heavy atom. The lowest BCUT2D eigenvalue weighted by atomic mass is 10.0. The first-order valence-corrected chi connectivity index (χ1v) is 34.0. The highest BCUT2D eigenvalue weighted by atomic mass is 16.6. The van der Waals surface area contributed by atoms with E-state index in [0.717, 1.165) is 64.2 Å². The third-order valence-corrected chi connectivity index (χ3v) is 15.3. The van der Waals surface area contributed by atoms with Crippen LogP contribution < -0.4 is 0 Å². The number of carbonyl (C=O) groups excluding carboxylic acids is 3. The van der Waals surface area contributed by atoms with Gasteiger partial charge < -0.3 is 14.2 Å². The van der Waals surface area contributed by atoms with Crippen LogP contribution >= 0.6 is 0 Å². The highest BCUT2D eigenvalue weighted by Crippen LogP contribution is 2.18. The van der Waals surface area contributed by atoms with E-state index >= 15 is 0 Å². The van der Waals surface area contributed by atoms with E-state index in [4.69, 9.17) is 14.2 Å². The molecule has 0 heterocycles. The fourth-order valence-electron chi connectivity index (χ4n) is 10.2. The minimum absolute atomic E-state index is 0.0727. The van der Waals surface area contributed by atoms with Crippen LogP contribution in [0, 0.1) is 0 Å². The van der Waals surface area contributed by atoms with Crippen LogP contribution in [0.2, 0.25) is 0 Å². The van der Waals surface area contributed by atoms with Crippen LogP contribution in [0.25, 0.3) is 0 Å². The first-order chi connectivity index (χ1) is 37.5. The van der Waals surface area contributed by atoms with E-state index in [1.807, 2.05) is 0 Å². The molecule has 0 aliphatic rings. The van der Waals surface area contributed by atoms with E-state index in [2.05, 4.69) is 57.2 Å². The van der Waals surface area contributed by atoms with Crippen molar-refractivity contribution < 1.29 is 28.6 Å². The Morgan fingerprint density at radius 1 is 0.250 bits per heavy atom. The number of rotatable bonds is 63. The average Bonchev–Trinajstić information content (AvgIpc) is 3.42. The number of esters is 3. The van der Waals surface area contributed by atoms with Gasteiger partial charge in [-0.05, 0) is 96.3 Å². The number of ether oxygens (including phenoxy) is 3. The van der Waals surface area contributed by atoms with Gasteiger partial charge in [0.15, 0.2) is 6.10 Å². The smallest absolute Gasteiger partial charge is 0.306 e. The second-order valence-corrected chi connectivity index (χ2v) is 23.1. The van der Waals surface area contributed by atoms with Crippen LogP contribution in [0.3, 0.4) is 0 Å². The fourth-order valence-corrected chi connectivity index (χ4v) is 10.2. The van der Waals surface area contributed by atoms with E-state index in [-0.39, 0.29) is 31.1 Å². The van der Waals surface area contributed by atoms with Crippen molar-refractivity contribution in [2.75, 3.05) is 13.2 Å². The summed E-state index contributed by atoms with van der Waals surface area (Å²) in [7, 11) is 0. The summed E-state index contributed by atoms with van der Waals surface area (Å²) in [5, 5.41) is 0. The molecule has 0 aliphatic heterocycles. The molecular weight excluding hydrogens is 937 g/mol. The average molecular weight is 1070 g/mol.